The molecule has 7 N–H and O–H groups in total. The number of Topliss-reactive ketones (excluding diaryl/α,β-unsaturated/α-hetero) is 1. The van der Waals surface area contributed by atoms with E-state index in [1.165, 1.54) is 30.3 Å². The molecule has 39 heavy (non-hydrogen) atoms. The van der Waals surface area contributed by atoms with Crippen molar-refractivity contribution in [2.24, 2.45) is 0 Å². The highest BCUT2D eigenvalue weighted by atomic mass is 16.7. The molecular formula is C26H28O13. The summed E-state index contributed by atoms with van der Waals surface area (Å²) in [6.45, 7) is 2.60. The van der Waals surface area contributed by atoms with Crippen molar-refractivity contribution in [2.45, 2.75) is 49.3 Å². The molecule has 2 aliphatic rings. The summed E-state index contributed by atoms with van der Waals surface area (Å²) in [5, 5.41) is 70.4. The van der Waals surface area contributed by atoms with Crippen LogP contribution in [0.1, 0.15) is 28.4 Å². The van der Waals surface area contributed by atoms with Gasteiger partial charge in [0.1, 0.15) is 59.6 Å². The number of benzene rings is 2. The van der Waals surface area contributed by atoms with Crippen molar-refractivity contribution in [2.75, 3.05) is 13.2 Å². The fraction of sp³-hybridized carbons (Fsp3) is 0.385. The first-order valence-corrected chi connectivity index (χ1v) is 11.9. The number of aromatic hydroxyl groups is 2. The van der Waals surface area contributed by atoms with Gasteiger partial charge in [-0.2, -0.15) is 0 Å². The minimum Gasteiger partial charge on any atom is -0.508 e. The third-order valence-electron chi connectivity index (χ3n) is 6.33. The van der Waals surface area contributed by atoms with Gasteiger partial charge in [0.15, 0.2) is 12.2 Å². The number of phenols is 2. The number of carbonyl (C=O) groups excluding carboxylic acids is 2. The first-order chi connectivity index (χ1) is 18.5. The van der Waals surface area contributed by atoms with E-state index in [-0.39, 0.29) is 41.4 Å². The number of ketones is 1. The van der Waals surface area contributed by atoms with E-state index >= 15 is 0 Å². The molecule has 2 heterocycles. The Bertz CT molecular complexity index is 1230. The van der Waals surface area contributed by atoms with E-state index < -0.39 is 67.0 Å². The largest absolute Gasteiger partial charge is 0.508 e. The molecule has 1 saturated heterocycles. The van der Waals surface area contributed by atoms with Gasteiger partial charge in [-0.1, -0.05) is 18.7 Å². The van der Waals surface area contributed by atoms with E-state index in [0.29, 0.717) is 5.56 Å². The number of aliphatic hydroxyl groups is 5. The van der Waals surface area contributed by atoms with Crippen LogP contribution in [-0.2, 0) is 14.3 Å². The van der Waals surface area contributed by atoms with Crippen LogP contribution in [0.15, 0.2) is 48.6 Å². The molecule has 4 rings (SSSR count). The highest BCUT2D eigenvalue weighted by Crippen LogP contribution is 2.42. The van der Waals surface area contributed by atoms with E-state index in [2.05, 4.69) is 6.58 Å². The Labute approximate surface area is 221 Å². The number of fused-ring (bicyclic) bond motifs is 1. The molecule has 2 aromatic rings. The quantitative estimate of drug-likeness (QED) is 0.163. The second kappa shape index (κ2) is 11.6. The van der Waals surface area contributed by atoms with Gasteiger partial charge in [0.2, 0.25) is 12.1 Å². The molecule has 13 nitrogen and oxygen atoms in total. The minimum atomic E-state index is -1.77. The van der Waals surface area contributed by atoms with Crippen molar-refractivity contribution in [1.82, 2.24) is 0 Å². The number of carbonyl (C=O) groups is 2. The Balaban J connectivity index is 1.53. The number of phenolic OH excluding ortho intramolecular Hbond substituents is 2. The van der Waals surface area contributed by atoms with Crippen molar-refractivity contribution >= 4 is 11.8 Å². The Morgan fingerprint density at radius 3 is 2.36 bits per heavy atom. The number of esters is 1. The van der Waals surface area contributed by atoms with Crippen LogP contribution in [-0.4, -0.2) is 97.5 Å². The first kappa shape index (κ1) is 28.3. The second-order valence-corrected chi connectivity index (χ2v) is 9.06. The number of ether oxygens (including phenoxy) is 4. The fourth-order valence-corrected chi connectivity index (χ4v) is 4.17. The predicted molar refractivity (Wildman–Crippen MR) is 129 cm³/mol. The molecule has 1 fully saturated rings. The van der Waals surface area contributed by atoms with Gasteiger partial charge in [-0.05, 0) is 17.7 Å². The van der Waals surface area contributed by atoms with Gasteiger partial charge in [-0.3, -0.25) is 4.79 Å². The standard InChI is InChI=1S/C26H28O13/c1-11(6-7-27)25(35)36-10-17-19(30)21(32)23(34)26(39-17)37-14-8-15(29)18-16(9-14)38-24(22(33)20(18)31)12-2-4-13(28)5-3-12/h2-5,8-9,17,19,21-24,26-30,32-34H,1,6-7,10H2/t17-,19-,21+,22+,23-,24-,26-/m1/s1. The molecule has 0 bridgehead atoms. The molecule has 0 aromatic heterocycles. The molecule has 210 valence electrons. The molecule has 0 saturated carbocycles. The number of hydrogen-bond donors (Lipinski definition) is 7. The fourth-order valence-electron chi connectivity index (χ4n) is 4.17. The van der Waals surface area contributed by atoms with Crippen LogP contribution >= 0.6 is 0 Å². The molecule has 13 heteroatoms. The van der Waals surface area contributed by atoms with E-state index in [9.17, 15) is 40.2 Å². The van der Waals surface area contributed by atoms with Gasteiger partial charge < -0.3 is 54.7 Å². The smallest absolute Gasteiger partial charge is 0.333 e. The van der Waals surface area contributed by atoms with Crippen LogP contribution in [0.25, 0.3) is 0 Å². The van der Waals surface area contributed by atoms with Crippen molar-refractivity contribution in [3.05, 3.63) is 59.7 Å². The summed E-state index contributed by atoms with van der Waals surface area (Å²) >= 11 is 0. The molecule has 0 amide bonds. The molecule has 7 atom stereocenters. The predicted octanol–water partition coefficient (Wildman–Crippen LogP) is -0.557. The SMILES string of the molecule is C=C(CCO)C(=O)OC[C@H]1O[C@@H](Oc2cc(O)c3c(c2)O[C@H](c2ccc(O)cc2)[C@@H](O)C3=O)[C@H](O)[C@@H](O)[C@@H]1O. The van der Waals surface area contributed by atoms with Gasteiger partial charge >= 0.3 is 5.97 Å². The van der Waals surface area contributed by atoms with Crippen molar-refractivity contribution in [3.63, 3.8) is 0 Å². The molecule has 0 unspecified atom stereocenters. The maximum absolute atomic E-state index is 12.8. The highest BCUT2D eigenvalue weighted by Gasteiger charge is 2.46. The summed E-state index contributed by atoms with van der Waals surface area (Å²) in [4.78, 5) is 24.8. The monoisotopic (exact) mass is 548 g/mol. The van der Waals surface area contributed by atoms with Gasteiger partial charge in [-0.15, -0.1) is 0 Å². The topological polar surface area (TPSA) is 213 Å². The molecule has 2 aromatic carbocycles. The van der Waals surface area contributed by atoms with E-state index in [0.717, 1.165) is 6.07 Å². The Kier molecular flexibility index (Phi) is 8.39. The van der Waals surface area contributed by atoms with Crippen LogP contribution in [0.2, 0.25) is 0 Å². The van der Waals surface area contributed by atoms with E-state index in [1.54, 1.807) is 0 Å². The zero-order valence-electron chi connectivity index (χ0n) is 20.4. The zero-order valence-corrected chi connectivity index (χ0v) is 20.4. The zero-order chi connectivity index (χ0) is 28.4. The summed E-state index contributed by atoms with van der Waals surface area (Å²) < 4.78 is 21.9. The third-order valence-corrected chi connectivity index (χ3v) is 6.33. The van der Waals surface area contributed by atoms with Gasteiger partial charge in [0.25, 0.3) is 0 Å². The van der Waals surface area contributed by atoms with Gasteiger partial charge in [0.05, 0.1) is 0 Å². The summed E-state index contributed by atoms with van der Waals surface area (Å²) in [7, 11) is 0. The molecular weight excluding hydrogens is 520 g/mol. The average Bonchev–Trinajstić information content (AvgIpc) is 2.90. The molecule has 0 spiro atoms. The highest BCUT2D eigenvalue weighted by molar-refractivity contribution is 6.05. The van der Waals surface area contributed by atoms with Crippen molar-refractivity contribution < 1.29 is 64.3 Å². The van der Waals surface area contributed by atoms with Crippen molar-refractivity contribution in [3.8, 4) is 23.0 Å². The Hall–Kier alpha value is -3.72. The van der Waals surface area contributed by atoms with Gasteiger partial charge in [-0.25, -0.2) is 4.79 Å². The van der Waals surface area contributed by atoms with Crippen molar-refractivity contribution in [1.29, 1.82) is 0 Å². The number of hydrogen-bond acceptors (Lipinski definition) is 13. The third kappa shape index (κ3) is 5.83. The van der Waals surface area contributed by atoms with Gasteiger partial charge in [0, 0.05) is 30.7 Å². The van der Waals surface area contributed by atoms with Crippen LogP contribution in [0.3, 0.4) is 0 Å². The van der Waals surface area contributed by atoms with E-state index in [4.69, 9.17) is 24.1 Å². The maximum atomic E-state index is 12.8. The maximum Gasteiger partial charge on any atom is 0.333 e. The lowest BCUT2D eigenvalue weighted by molar-refractivity contribution is -0.278. The lowest BCUT2D eigenvalue weighted by Gasteiger charge is -2.40. The normalized spacial score (nSPS) is 28.2. The van der Waals surface area contributed by atoms with Crippen LogP contribution < -0.4 is 9.47 Å². The lowest BCUT2D eigenvalue weighted by Crippen LogP contribution is -2.60. The Morgan fingerprint density at radius 2 is 1.69 bits per heavy atom. The van der Waals surface area contributed by atoms with Crippen LogP contribution in [0.5, 0.6) is 23.0 Å². The first-order valence-electron chi connectivity index (χ1n) is 11.9. The molecule has 0 radical (unpaired) electrons. The number of rotatable bonds is 8. The minimum absolute atomic E-state index is 0.0222. The molecule has 0 aliphatic carbocycles. The summed E-state index contributed by atoms with van der Waals surface area (Å²) in [6, 6.07) is 7.81. The second-order valence-electron chi connectivity index (χ2n) is 9.06. The summed E-state index contributed by atoms with van der Waals surface area (Å²) in [6.07, 6.45) is -11.0. The van der Waals surface area contributed by atoms with Crippen LogP contribution in [0, 0.1) is 0 Å². The summed E-state index contributed by atoms with van der Waals surface area (Å²) in [5.74, 6) is -2.64. The van der Waals surface area contributed by atoms with Crippen LogP contribution in [0.4, 0.5) is 0 Å². The Morgan fingerprint density at radius 1 is 1.00 bits per heavy atom. The lowest BCUT2D eigenvalue weighted by atomic mass is 9.93. The number of aliphatic hydroxyl groups excluding tert-OH is 5. The molecule has 2 aliphatic heterocycles. The van der Waals surface area contributed by atoms with E-state index in [1.807, 2.05) is 0 Å². The average molecular weight is 548 g/mol. The summed E-state index contributed by atoms with van der Waals surface area (Å²) in [5.41, 5.74) is 0.0386.